The number of rotatable bonds is 8. The van der Waals surface area contributed by atoms with Crippen LogP contribution in [0.15, 0.2) is 0 Å². The third-order valence-electron chi connectivity index (χ3n) is 3.26. The van der Waals surface area contributed by atoms with Crippen LogP contribution in [0.2, 0.25) is 0 Å². The smallest absolute Gasteiger partial charge is 0.254 e. The van der Waals surface area contributed by atoms with E-state index in [4.69, 9.17) is 5.73 Å². The van der Waals surface area contributed by atoms with Crippen molar-refractivity contribution in [3.05, 3.63) is 17.0 Å². The number of aryl methyl sites for hydroxylation is 2. The van der Waals surface area contributed by atoms with E-state index >= 15 is 0 Å². The van der Waals surface area contributed by atoms with Gasteiger partial charge < -0.3 is 11.1 Å². The number of hydrogen-bond acceptors (Lipinski definition) is 4. The molecule has 0 radical (unpaired) electrons. The van der Waals surface area contributed by atoms with Crippen LogP contribution in [0.1, 0.15) is 67.7 Å². The van der Waals surface area contributed by atoms with Gasteiger partial charge in [0, 0.05) is 6.54 Å². The minimum atomic E-state index is -0.103. The molecule has 112 valence electrons. The maximum absolute atomic E-state index is 12.1. The summed E-state index contributed by atoms with van der Waals surface area (Å²) in [6.07, 6.45) is 6.68. The number of unbranched alkanes of at least 4 members (excludes halogenated alkanes) is 4. The van der Waals surface area contributed by atoms with Crippen LogP contribution in [0.5, 0.6) is 0 Å². The molecule has 5 nitrogen and oxygen atoms in total. The lowest BCUT2D eigenvalue weighted by Gasteiger charge is -2.11. The first-order chi connectivity index (χ1) is 9.60. The highest BCUT2D eigenvalue weighted by Crippen LogP contribution is 2.16. The van der Waals surface area contributed by atoms with Crippen LogP contribution in [0.3, 0.4) is 0 Å². The molecule has 0 aliphatic carbocycles. The summed E-state index contributed by atoms with van der Waals surface area (Å²) in [5.41, 5.74) is 7.73. The molecule has 0 aliphatic rings. The monoisotopic (exact) mass is 278 g/mol. The fourth-order valence-electron chi connectivity index (χ4n) is 2.28. The lowest BCUT2D eigenvalue weighted by Crippen LogP contribution is -2.26. The number of nitrogens with one attached hydrogen (secondary N) is 1. The Morgan fingerprint density at radius 3 is 2.50 bits per heavy atom. The van der Waals surface area contributed by atoms with Gasteiger partial charge in [0.2, 0.25) is 5.95 Å². The number of nitrogen functional groups attached to an aromatic ring is 1. The van der Waals surface area contributed by atoms with Crippen LogP contribution in [0.4, 0.5) is 5.95 Å². The van der Waals surface area contributed by atoms with Crippen LogP contribution >= 0.6 is 0 Å². The fourth-order valence-corrected chi connectivity index (χ4v) is 2.28. The molecule has 0 spiro atoms. The molecule has 0 unspecified atom stereocenters. The summed E-state index contributed by atoms with van der Waals surface area (Å²) in [5, 5.41) is 2.81. The van der Waals surface area contributed by atoms with Gasteiger partial charge >= 0.3 is 0 Å². The van der Waals surface area contributed by atoms with E-state index in [-0.39, 0.29) is 11.9 Å². The molecule has 0 atom stereocenters. The van der Waals surface area contributed by atoms with Crippen molar-refractivity contribution >= 4 is 11.9 Å². The number of hydrogen-bond donors (Lipinski definition) is 2. The minimum Gasteiger partial charge on any atom is -0.368 e. The Labute approximate surface area is 121 Å². The first-order valence-electron chi connectivity index (χ1n) is 7.51. The summed E-state index contributed by atoms with van der Waals surface area (Å²) >= 11 is 0. The van der Waals surface area contributed by atoms with Gasteiger partial charge in [0.1, 0.15) is 0 Å². The Morgan fingerprint density at radius 1 is 1.15 bits per heavy atom. The van der Waals surface area contributed by atoms with Gasteiger partial charge in [0.05, 0.1) is 17.0 Å². The molecule has 5 heteroatoms. The maximum Gasteiger partial charge on any atom is 0.254 e. The summed E-state index contributed by atoms with van der Waals surface area (Å²) < 4.78 is 0. The van der Waals surface area contributed by atoms with E-state index in [9.17, 15) is 4.79 Å². The Kier molecular flexibility index (Phi) is 6.98. The first-order valence-corrected chi connectivity index (χ1v) is 7.51. The second-order valence-corrected chi connectivity index (χ2v) is 5.01. The fraction of sp³-hybridized carbons (Fsp3) is 0.667. The van der Waals surface area contributed by atoms with Crippen molar-refractivity contribution in [2.75, 3.05) is 12.3 Å². The van der Waals surface area contributed by atoms with Gasteiger partial charge in [-0.05, 0) is 26.7 Å². The van der Waals surface area contributed by atoms with Gasteiger partial charge in [0.15, 0.2) is 0 Å². The largest absolute Gasteiger partial charge is 0.368 e. The second-order valence-electron chi connectivity index (χ2n) is 5.01. The van der Waals surface area contributed by atoms with Crippen LogP contribution < -0.4 is 11.1 Å². The van der Waals surface area contributed by atoms with Crippen molar-refractivity contribution in [2.45, 2.75) is 59.3 Å². The molecule has 3 N–H and O–H groups in total. The highest BCUT2D eigenvalue weighted by Gasteiger charge is 2.17. The van der Waals surface area contributed by atoms with Crippen molar-refractivity contribution in [2.24, 2.45) is 0 Å². The molecule has 1 amide bonds. The van der Waals surface area contributed by atoms with E-state index in [2.05, 4.69) is 22.2 Å². The molecule has 1 heterocycles. The SMILES string of the molecule is CCCCCCCc1nc(N)nc(C)c1C(=O)NCC. The molecule has 0 bridgehead atoms. The molecule has 1 aromatic rings. The minimum absolute atomic E-state index is 0.103. The third kappa shape index (κ3) is 4.79. The van der Waals surface area contributed by atoms with E-state index < -0.39 is 0 Å². The molecule has 20 heavy (non-hydrogen) atoms. The molecular weight excluding hydrogens is 252 g/mol. The third-order valence-corrected chi connectivity index (χ3v) is 3.26. The zero-order valence-corrected chi connectivity index (χ0v) is 12.8. The van der Waals surface area contributed by atoms with Gasteiger partial charge in [0.25, 0.3) is 5.91 Å². The van der Waals surface area contributed by atoms with E-state index in [1.165, 1.54) is 19.3 Å². The van der Waals surface area contributed by atoms with Crippen molar-refractivity contribution in [1.82, 2.24) is 15.3 Å². The Balaban J connectivity index is 2.79. The highest BCUT2D eigenvalue weighted by atomic mass is 16.1. The zero-order valence-electron chi connectivity index (χ0n) is 12.8. The van der Waals surface area contributed by atoms with E-state index in [0.29, 0.717) is 17.8 Å². The quantitative estimate of drug-likeness (QED) is 0.716. The number of carbonyl (C=O) groups excluding carboxylic acids is 1. The predicted octanol–water partition coefficient (Wildman–Crippen LogP) is 2.63. The molecular formula is C15H26N4O. The number of nitrogens with zero attached hydrogens (tertiary/aromatic N) is 2. The van der Waals surface area contributed by atoms with Crippen molar-refractivity contribution in [1.29, 1.82) is 0 Å². The van der Waals surface area contributed by atoms with Gasteiger partial charge in [-0.2, -0.15) is 0 Å². The molecule has 0 saturated carbocycles. The molecule has 0 aliphatic heterocycles. The topological polar surface area (TPSA) is 80.9 Å². The normalized spacial score (nSPS) is 10.6. The second kappa shape index (κ2) is 8.51. The van der Waals surface area contributed by atoms with Crippen LogP contribution in [-0.2, 0) is 6.42 Å². The van der Waals surface area contributed by atoms with E-state index in [1.54, 1.807) is 0 Å². The van der Waals surface area contributed by atoms with E-state index in [0.717, 1.165) is 25.0 Å². The first kappa shape index (κ1) is 16.4. The van der Waals surface area contributed by atoms with Crippen LogP contribution in [-0.4, -0.2) is 22.4 Å². The maximum atomic E-state index is 12.1. The van der Waals surface area contributed by atoms with Crippen LogP contribution in [0, 0.1) is 6.92 Å². The summed E-state index contributed by atoms with van der Waals surface area (Å²) in [6, 6.07) is 0. The number of nitrogens with two attached hydrogens (primary N) is 1. The van der Waals surface area contributed by atoms with Crippen molar-refractivity contribution < 1.29 is 4.79 Å². The van der Waals surface area contributed by atoms with Gasteiger partial charge in [-0.1, -0.05) is 32.6 Å². The average molecular weight is 278 g/mol. The molecule has 1 rings (SSSR count). The average Bonchev–Trinajstić information content (AvgIpc) is 2.38. The molecule has 0 fully saturated rings. The summed E-state index contributed by atoms with van der Waals surface area (Å²) in [7, 11) is 0. The number of anilines is 1. The van der Waals surface area contributed by atoms with Crippen molar-refractivity contribution in [3.8, 4) is 0 Å². The van der Waals surface area contributed by atoms with Crippen molar-refractivity contribution in [3.63, 3.8) is 0 Å². The number of carbonyl (C=O) groups is 1. The summed E-state index contributed by atoms with van der Waals surface area (Å²) in [6.45, 7) is 6.50. The van der Waals surface area contributed by atoms with E-state index in [1.807, 2.05) is 13.8 Å². The Morgan fingerprint density at radius 2 is 1.85 bits per heavy atom. The lowest BCUT2D eigenvalue weighted by atomic mass is 10.0. The number of amides is 1. The van der Waals surface area contributed by atoms with Crippen LogP contribution in [0.25, 0.3) is 0 Å². The Bertz CT molecular complexity index is 446. The van der Waals surface area contributed by atoms with Gasteiger partial charge in [-0.3, -0.25) is 4.79 Å². The highest BCUT2D eigenvalue weighted by molar-refractivity contribution is 5.96. The number of aromatic nitrogens is 2. The zero-order chi connectivity index (χ0) is 15.0. The predicted molar refractivity (Wildman–Crippen MR) is 81.7 cm³/mol. The molecule has 1 aromatic heterocycles. The Hall–Kier alpha value is -1.65. The van der Waals surface area contributed by atoms with Gasteiger partial charge in [-0.15, -0.1) is 0 Å². The summed E-state index contributed by atoms with van der Waals surface area (Å²) in [5.74, 6) is 0.146. The van der Waals surface area contributed by atoms with Gasteiger partial charge in [-0.25, -0.2) is 9.97 Å². The molecule has 0 saturated heterocycles. The molecule has 0 aromatic carbocycles. The standard InChI is InChI=1S/C15H26N4O/c1-4-6-7-8-9-10-12-13(14(20)17-5-2)11(3)18-15(16)19-12/h4-10H2,1-3H3,(H,17,20)(H2,16,18,19). The summed E-state index contributed by atoms with van der Waals surface area (Å²) in [4.78, 5) is 20.5. The lowest BCUT2D eigenvalue weighted by molar-refractivity contribution is 0.0953.